The van der Waals surface area contributed by atoms with E-state index in [9.17, 15) is 0 Å². The molecule has 0 N–H and O–H groups in total. The lowest BCUT2D eigenvalue weighted by Gasteiger charge is -2.01. The van der Waals surface area contributed by atoms with Crippen LogP contribution >= 0.6 is 23.1 Å². The number of rotatable bonds is 0. The zero-order valence-electron chi connectivity index (χ0n) is 8.36. The molecule has 2 heteroatoms. The maximum Gasteiger partial charge on any atom is 0.0721 e. The number of hydrogen-bond acceptors (Lipinski definition) is 2. The van der Waals surface area contributed by atoms with Crippen molar-refractivity contribution in [3.05, 3.63) is 46.3 Å². The summed E-state index contributed by atoms with van der Waals surface area (Å²) in [6.07, 6.45) is 4.43. The topological polar surface area (TPSA) is 0 Å². The Morgan fingerprint density at radius 3 is 2.73 bits per heavy atom. The molecule has 0 atom stereocenters. The third-order valence-corrected chi connectivity index (χ3v) is 4.79. The van der Waals surface area contributed by atoms with Gasteiger partial charge in [-0.3, -0.25) is 0 Å². The molecule has 0 nitrogen and oxygen atoms in total. The van der Waals surface area contributed by atoms with Crippen molar-refractivity contribution < 1.29 is 0 Å². The van der Waals surface area contributed by atoms with Crippen LogP contribution in [0.1, 0.15) is 16.0 Å². The van der Waals surface area contributed by atoms with Gasteiger partial charge in [-0.05, 0) is 30.2 Å². The van der Waals surface area contributed by atoms with Gasteiger partial charge >= 0.3 is 0 Å². The quantitative estimate of drug-likeness (QED) is 0.540. The van der Waals surface area contributed by atoms with Crippen molar-refractivity contribution in [2.24, 2.45) is 0 Å². The van der Waals surface area contributed by atoms with E-state index in [0.717, 1.165) is 0 Å². The lowest BCUT2D eigenvalue weighted by atomic mass is 10.2. The summed E-state index contributed by atoms with van der Waals surface area (Å²) in [6.45, 7) is 2.17. The first kappa shape index (κ1) is 9.25. The summed E-state index contributed by atoms with van der Waals surface area (Å²) >= 11 is 3.76. The molecule has 1 aliphatic rings. The highest BCUT2D eigenvalue weighted by atomic mass is 32.2. The highest BCUT2D eigenvalue weighted by Crippen LogP contribution is 2.41. The average molecular weight is 230 g/mol. The summed E-state index contributed by atoms with van der Waals surface area (Å²) in [7, 11) is 0. The van der Waals surface area contributed by atoms with Gasteiger partial charge in [0.25, 0.3) is 0 Å². The van der Waals surface area contributed by atoms with E-state index in [1.54, 1.807) is 0 Å². The molecule has 0 aliphatic carbocycles. The van der Waals surface area contributed by atoms with Crippen molar-refractivity contribution in [2.75, 3.05) is 0 Å². The molecule has 0 unspecified atom stereocenters. The molecule has 3 rings (SSSR count). The van der Waals surface area contributed by atoms with Crippen LogP contribution in [-0.4, -0.2) is 0 Å². The highest BCUT2D eigenvalue weighted by Gasteiger charge is 2.11. The van der Waals surface area contributed by atoms with Crippen LogP contribution in [0.3, 0.4) is 0 Å². The Morgan fingerprint density at radius 1 is 1.00 bits per heavy atom. The van der Waals surface area contributed by atoms with E-state index in [2.05, 4.69) is 49.4 Å². The highest BCUT2D eigenvalue weighted by molar-refractivity contribution is 8.01. The Balaban J connectivity index is 2.17. The van der Waals surface area contributed by atoms with E-state index in [1.807, 2.05) is 23.1 Å². The van der Waals surface area contributed by atoms with Gasteiger partial charge < -0.3 is 0 Å². The summed E-state index contributed by atoms with van der Waals surface area (Å²) in [6, 6.07) is 10.8. The van der Waals surface area contributed by atoms with Gasteiger partial charge in [0.2, 0.25) is 0 Å². The van der Waals surface area contributed by atoms with E-state index in [1.165, 1.54) is 25.1 Å². The lowest BCUT2D eigenvalue weighted by molar-refractivity contribution is 1.43. The first-order chi connectivity index (χ1) is 7.33. The molecular formula is C13H10S2. The molecule has 0 radical (unpaired) electrons. The normalized spacial score (nSPS) is 13.1. The van der Waals surface area contributed by atoms with E-state index in [4.69, 9.17) is 0 Å². The standard InChI is InChI=1S/C13H10S2/c1-9-8-11-7-6-10-4-2-3-5-12(10)15-13(11)14-9/h2-8H,1H3. The summed E-state index contributed by atoms with van der Waals surface area (Å²) in [5, 5.41) is 0. The van der Waals surface area contributed by atoms with Crippen molar-refractivity contribution in [3.8, 4) is 0 Å². The molecule has 0 spiro atoms. The van der Waals surface area contributed by atoms with Gasteiger partial charge in [-0.25, -0.2) is 0 Å². The third kappa shape index (κ3) is 1.64. The van der Waals surface area contributed by atoms with Gasteiger partial charge in [0.15, 0.2) is 0 Å². The van der Waals surface area contributed by atoms with Crippen LogP contribution in [0.15, 0.2) is 39.4 Å². The number of hydrogen-bond donors (Lipinski definition) is 0. The largest absolute Gasteiger partial charge is 0.133 e. The second kappa shape index (κ2) is 3.54. The Morgan fingerprint density at radius 2 is 1.80 bits per heavy atom. The van der Waals surface area contributed by atoms with Gasteiger partial charge in [-0.2, -0.15) is 0 Å². The summed E-state index contributed by atoms with van der Waals surface area (Å²) in [5.41, 5.74) is 2.68. The average Bonchev–Trinajstić information content (AvgIpc) is 2.49. The van der Waals surface area contributed by atoms with Gasteiger partial charge in [0.05, 0.1) is 4.21 Å². The molecular weight excluding hydrogens is 220 g/mol. The molecule has 74 valence electrons. The van der Waals surface area contributed by atoms with Gasteiger partial charge in [0.1, 0.15) is 0 Å². The predicted molar refractivity (Wildman–Crippen MR) is 68.5 cm³/mol. The smallest absolute Gasteiger partial charge is 0.0721 e. The molecule has 0 bridgehead atoms. The number of thiophene rings is 1. The predicted octanol–water partition coefficient (Wildman–Crippen LogP) is 4.69. The minimum Gasteiger partial charge on any atom is -0.133 e. The Kier molecular flexibility index (Phi) is 2.19. The van der Waals surface area contributed by atoms with Crippen molar-refractivity contribution in [3.63, 3.8) is 0 Å². The van der Waals surface area contributed by atoms with Crippen LogP contribution in [0.25, 0.3) is 12.2 Å². The summed E-state index contributed by atoms with van der Waals surface area (Å²) in [4.78, 5) is 2.74. The molecule has 0 fully saturated rings. The minimum atomic E-state index is 1.32. The van der Waals surface area contributed by atoms with Crippen molar-refractivity contribution in [1.82, 2.24) is 0 Å². The Hall–Kier alpha value is -0.990. The van der Waals surface area contributed by atoms with Crippen molar-refractivity contribution >= 4 is 35.3 Å². The fourth-order valence-electron chi connectivity index (χ4n) is 1.70. The number of aryl methyl sites for hydroxylation is 1. The second-order valence-electron chi connectivity index (χ2n) is 3.57. The zero-order chi connectivity index (χ0) is 10.3. The minimum absolute atomic E-state index is 1.32. The molecule has 1 aliphatic heterocycles. The SMILES string of the molecule is Cc1cc2c(s1)Sc1ccccc1C=C2. The molecule has 1 aromatic heterocycles. The molecule has 0 amide bonds. The van der Waals surface area contributed by atoms with Crippen LogP contribution in [-0.2, 0) is 0 Å². The molecule has 1 aromatic carbocycles. The Bertz CT molecular complexity index is 535. The fourth-order valence-corrected chi connectivity index (χ4v) is 4.10. The monoisotopic (exact) mass is 230 g/mol. The van der Waals surface area contributed by atoms with E-state index < -0.39 is 0 Å². The van der Waals surface area contributed by atoms with Crippen molar-refractivity contribution in [2.45, 2.75) is 16.0 Å². The third-order valence-electron chi connectivity index (χ3n) is 2.41. The maximum atomic E-state index is 2.26. The van der Waals surface area contributed by atoms with Crippen LogP contribution in [0.2, 0.25) is 0 Å². The molecule has 15 heavy (non-hydrogen) atoms. The first-order valence-corrected chi connectivity index (χ1v) is 6.51. The molecule has 2 heterocycles. The van der Waals surface area contributed by atoms with Crippen LogP contribution in [0.4, 0.5) is 0 Å². The van der Waals surface area contributed by atoms with E-state index >= 15 is 0 Å². The molecule has 0 saturated heterocycles. The summed E-state index contributed by atoms with van der Waals surface area (Å²) < 4.78 is 1.41. The fraction of sp³-hybridized carbons (Fsp3) is 0.0769. The van der Waals surface area contributed by atoms with E-state index in [-0.39, 0.29) is 0 Å². The summed E-state index contributed by atoms with van der Waals surface area (Å²) in [5.74, 6) is 0. The van der Waals surface area contributed by atoms with Crippen LogP contribution in [0.5, 0.6) is 0 Å². The van der Waals surface area contributed by atoms with Crippen LogP contribution < -0.4 is 0 Å². The maximum absolute atomic E-state index is 2.26. The zero-order valence-corrected chi connectivity index (χ0v) is 9.99. The van der Waals surface area contributed by atoms with Crippen LogP contribution in [0, 0.1) is 6.92 Å². The molecule has 2 aromatic rings. The number of benzene rings is 1. The van der Waals surface area contributed by atoms with E-state index in [0.29, 0.717) is 0 Å². The van der Waals surface area contributed by atoms with Gasteiger partial charge in [0, 0.05) is 9.77 Å². The lowest BCUT2D eigenvalue weighted by Crippen LogP contribution is -1.74. The number of fused-ring (bicyclic) bond motifs is 2. The molecule has 0 saturated carbocycles. The Labute approximate surface area is 97.7 Å². The van der Waals surface area contributed by atoms with Crippen molar-refractivity contribution in [1.29, 1.82) is 0 Å². The first-order valence-electron chi connectivity index (χ1n) is 4.88. The second-order valence-corrected chi connectivity index (χ2v) is 6.14. The van der Waals surface area contributed by atoms with Gasteiger partial charge in [-0.15, -0.1) is 11.3 Å². The van der Waals surface area contributed by atoms with Gasteiger partial charge in [-0.1, -0.05) is 42.1 Å².